The van der Waals surface area contributed by atoms with Gasteiger partial charge in [0.2, 0.25) is 5.91 Å². The van der Waals surface area contributed by atoms with Crippen molar-refractivity contribution in [3.05, 3.63) is 20.7 Å². The van der Waals surface area contributed by atoms with Crippen molar-refractivity contribution in [3.8, 4) is 0 Å². The van der Waals surface area contributed by atoms with E-state index in [0.29, 0.717) is 19.5 Å². The van der Waals surface area contributed by atoms with Crippen molar-refractivity contribution < 1.29 is 14.7 Å². The number of carbonyl (C=O) groups excluding carboxylic acids is 1. The maximum atomic E-state index is 11.9. The van der Waals surface area contributed by atoms with Crippen LogP contribution in [-0.4, -0.2) is 39.5 Å². The Balaban J connectivity index is 2.49. The summed E-state index contributed by atoms with van der Waals surface area (Å²) in [6.07, 6.45) is 1.52. The minimum Gasteiger partial charge on any atom is -0.480 e. The lowest BCUT2D eigenvalue weighted by Crippen LogP contribution is -2.36. The molecule has 0 aliphatic carbocycles. The number of rotatable bonds is 8. The van der Waals surface area contributed by atoms with Gasteiger partial charge in [-0.25, -0.2) is 0 Å². The average Bonchev–Trinajstić information content (AvgIpc) is 2.69. The molecular weight excluding hydrogens is 280 g/mol. The van der Waals surface area contributed by atoms with E-state index in [0.717, 1.165) is 23.5 Å². The molecule has 0 aliphatic heterocycles. The highest BCUT2D eigenvalue weighted by Gasteiger charge is 2.15. The van der Waals surface area contributed by atoms with E-state index in [4.69, 9.17) is 5.11 Å². The van der Waals surface area contributed by atoms with Crippen LogP contribution in [0.1, 0.15) is 31.9 Å². The summed E-state index contributed by atoms with van der Waals surface area (Å²) in [5, 5.41) is 10.6. The monoisotopic (exact) mass is 300 g/mol. The van der Waals surface area contributed by atoms with Gasteiger partial charge in [-0.05, 0) is 19.8 Å². The number of carbonyl (C=O) groups is 2. The lowest BCUT2D eigenvalue weighted by atomic mass is 10.2. The fraction of sp³-hybridized carbons (Fsp3) is 0.615. The fourth-order valence-corrected chi connectivity index (χ4v) is 2.71. The van der Waals surface area contributed by atoms with Gasteiger partial charge < -0.3 is 14.6 Å². The second kappa shape index (κ2) is 7.84. The van der Waals surface area contributed by atoms with E-state index in [1.165, 1.54) is 4.90 Å². The highest BCUT2D eigenvalue weighted by Crippen LogP contribution is 2.05. The number of hydrogen-bond donors (Lipinski definition) is 1. The Bertz CT molecular complexity index is 521. The Morgan fingerprint density at radius 2 is 2.15 bits per heavy atom. The molecule has 1 N–H and O–H groups in total. The second-order valence-electron chi connectivity index (χ2n) is 4.61. The maximum Gasteiger partial charge on any atom is 0.323 e. The SMILES string of the molecule is CCCN(CC(=O)O)C(=O)CCCn1c(C)csc1=O. The largest absolute Gasteiger partial charge is 0.480 e. The molecule has 0 aromatic carbocycles. The Kier molecular flexibility index (Phi) is 6.44. The van der Waals surface area contributed by atoms with Crippen molar-refractivity contribution in [2.24, 2.45) is 0 Å². The average molecular weight is 300 g/mol. The molecule has 1 aromatic heterocycles. The van der Waals surface area contributed by atoms with E-state index < -0.39 is 5.97 Å². The molecule has 112 valence electrons. The number of carboxylic acids is 1. The number of amides is 1. The molecule has 0 saturated carbocycles. The molecule has 7 heteroatoms. The zero-order valence-corrected chi connectivity index (χ0v) is 12.6. The predicted octanol–water partition coefficient (Wildman–Crippen LogP) is 1.32. The molecule has 0 saturated heterocycles. The Morgan fingerprint density at radius 3 is 2.65 bits per heavy atom. The van der Waals surface area contributed by atoms with E-state index in [2.05, 4.69) is 0 Å². The lowest BCUT2D eigenvalue weighted by molar-refractivity contribution is -0.144. The fourth-order valence-electron chi connectivity index (χ4n) is 1.95. The molecule has 1 rings (SSSR count). The van der Waals surface area contributed by atoms with Gasteiger partial charge in [0.15, 0.2) is 0 Å². The van der Waals surface area contributed by atoms with Crippen LogP contribution in [0.2, 0.25) is 0 Å². The molecule has 1 amide bonds. The van der Waals surface area contributed by atoms with Gasteiger partial charge in [0.1, 0.15) is 6.54 Å². The molecule has 0 bridgehead atoms. The summed E-state index contributed by atoms with van der Waals surface area (Å²) in [4.78, 5) is 35.5. The molecule has 20 heavy (non-hydrogen) atoms. The number of nitrogens with zero attached hydrogens (tertiary/aromatic N) is 2. The summed E-state index contributed by atoms with van der Waals surface area (Å²) in [6.45, 7) is 4.43. The predicted molar refractivity (Wildman–Crippen MR) is 77.1 cm³/mol. The van der Waals surface area contributed by atoms with E-state index in [-0.39, 0.29) is 23.7 Å². The molecule has 0 unspecified atom stereocenters. The first kappa shape index (κ1) is 16.4. The zero-order valence-electron chi connectivity index (χ0n) is 11.8. The maximum absolute atomic E-state index is 11.9. The smallest absolute Gasteiger partial charge is 0.323 e. The van der Waals surface area contributed by atoms with Gasteiger partial charge in [-0.2, -0.15) is 0 Å². The lowest BCUT2D eigenvalue weighted by Gasteiger charge is -2.19. The number of aliphatic carboxylic acids is 1. The van der Waals surface area contributed by atoms with Gasteiger partial charge >= 0.3 is 10.8 Å². The molecule has 0 spiro atoms. The Hall–Kier alpha value is -1.63. The number of hydrogen-bond acceptors (Lipinski definition) is 4. The summed E-state index contributed by atoms with van der Waals surface area (Å²) >= 11 is 1.15. The topological polar surface area (TPSA) is 79.6 Å². The normalized spacial score (nSPS) is 10.5. The highest BCUT2D eigenvalue weighted by atomic mass is 32.1. The van der Waals surface area contributed by atoms with Crippen molar-refractivity contribution in [2.45, 2.75) is 39.7 Å². The quantitative estimate of drug-likeness (QED) is 0.785. The molecule has 0 atom stereocenters. The molecule has 1 aromatic rings. The molecule has 0 radical (unpaired) electrons. The van der Waals surface area contributed by atoms with E-state index in [1.54, 1.807) is 9.95 Å². The van der Waals surface area contributed by atoms with Gasteiger partial charge in [0.25, 0.3) is 0 Å². The van der Waals surface area contributed by atoms with Crippen LogP contribution >= 0.6 is 11.3 Å². The minimum absolute atomic E-state index is 0.0223. The number of thiazole rings is 1. The van der Waals surface area contributed by atoms with Crippen LogP contribution < -0.4 is 4.87 Å². The number of carboxylic acid groups (broad SMARTS) is 1. The van der Waals surface area contributed by atoms with Gasteiger partial charge in [0, 0.05) is 30.6 Å². The Labute approximate surface area is 121 Å². The van der Waals surface area contributed by atoms with Gasteiger partial charge in [0.05, 0.1) is 0 Å². The van der Waals surface area contributed by atoms with E-state index in [1.807, 2.05) is 13.8 Å². The van der Waals surface area contributed by atoms with Crippen LogP contribution in [0.3, 0.4) is 0 Å². The van der Waals surface area contributed by atoms with Crippen LogP contribution in [0.15, 0.2) is 10.2 Å². The first-order valence-corrected chi connectivity index (χ1v) is 7.48. The molecule has 0 fully saturated rings. The van der Waals surface area contributed by atoms with Crippen molar-refractivity contribution in [3.63, 3.8) is 0 Å². The molecule has 1 heterocycles. The minimum atomic E-state index is -1.00. The third-order valence-electron chi connectivity index (χ3n) is 2.92. The number of aryl methyl sites for hydroxylation is 1. The summed E-state index contributed by atoms with van der Waals surface area (Å²) in [5.74, 6) is -1.17. The van der Waals surface area contributed by atoms with Crippen LogP contribution in [0.25, 0.3) is 0 Å². The second-order valence-corrected chi connectivity index (χ2v) is 5.43. The van der Waals surface area contributed by atoms with Crippen molar-refractivity contribution in [2.75, 3.05) is 13.1 Å². The molecular formula is C13H20N2O4S. The van der Waals surface area contributed by atoms with Crippen LogP contribution in [-0.2, 0) is 16.1 Å². The standard InChI is InChI=1S/C13H20N2O4S/c1-3-6-14(8-12(17)18)11(16)5-4-7-15-10(2)9-20-13(15)19/h9H,3-8H2,1-2H3,(H,17,18). The van der Waals surface area contributed by atoms with E-state index >= 15 is 0 Å². The van der Waals surface area contributed by atoms with Crippen molar-refractivity contribution in [1.82, 2.24) is 9.47 Å². The van der Waals surface area contributed by atoms with Crippen LogP contribution in [0, 0.1) is 6.92 Å². The Morgan fingerprint density at radius 1 is 1.45 bits per heavy atom. The van der Waals surface area contributed by atoms with Crippen LogP contribution in [0.4, 0.5) is 0 Å². The van der Waals surface area contributed by atoms with Gasteiger partial charge in [-0.15, -0.1) is 0 Å². The summed E-state index contributed by atoms with van der Waals surface area (Å²) in [5.41, 5.74) is 0.892. The third-order valence-corrected chi connectivity index (χ3v) is 3.80. The van der Waals surface area contributed by atoms with Gasteiger partial charge in [-0.3, -0.25) is 14.4 Å². The van der Waals surface area contributed by atoms with E-state index in [9.17, 15) is 14.4 Å². The summed E-state index contributed by atoms with van der Waals surface area (Å²) in [7, 11) is 0. The summed E-state index contributed by atoms with van der Waals surface area (Å²) in [6, 6.07) is 0. The van der Waals surface area contributed by atoms with Crippen molar-refractivity contribution >= 4 is 23.2 Å². The molecule has 0 aliphatic rings. The van der Waals surface area contributed by atoms with Gasteiger partial charge in [-0.1, -0.05) is 18.3 Å². The highest BCUT2D eigenvalue weighted by molar-refractivity contribution is 7.07. The zero-order chi connectivity index (χ0) is 15.1. The molecule has 6 nitrogen and oxygen atoms in total. The third kappa shape index (κ3) is 4.80. The first-order chi connectivity index (χ1) is 9.45. The van der Waals surface area contributed by atoms with Crippen LogP contribution in [0.5, 0.6) is 0 Å². The number of aromatic nitrogens is 1. The van der Waals surface area contributed by atoms with Crippen molar-refractivity contribution in [1.29, 1.82) is 0 Å². The first-order valence-electron chi connectivity index (χ1n) is 6.60. The summed E-state index contributed by atoms with van der Waals surface area (Å²) < 4.78 is 1.64.